The van der Waals surface area contributed by atoms with Gasteiger partial charge in [-0.3, -0.25) is 0 Å². The Morgan fingerprint density at radius 1 is 0.714 bits per heavy atom. The minimum Gasteiger partial charge on any atom is -0.507 e. The molecule has 4 aromatic carbocycles. The number of aromatic hydroxyl groups is 2. The summed E-state index contributed by atoms with van der Waals surface area (Å²) in [5.74, 6) is 3.62. The minimum atomic E-state index is -1.61. The third-order valence-corrected chi connectivity index (χ3v) is 5.64. The van der Waals surface area contributed by atoms with Crippen molar-refractivity contribution in [3.05, 3.63) is 72.3 Å². The van der Waals surface area contributed by atoms with Crippen molar-refractivity contribution in [2.75, 3.05) is 0 Å². The van der Waals surface area contributed by atoms with Crippen LogP contribution in [0.5, 0.6) is 11.5 Å². The zero-order valence-corrected chi connectivity index (χ0v) is 17.2. The highest BCUT2D eigenvalue weighted by Crippen LogP contribution is 2.44. The van der Waals surface area contributed by atoms with Crippen LogP contribution in [-0.2, 0) is 0 Å². The van der Waals surface area contributed by atoms with Crippen LogP contribution in [-0.4, -0.2) is 18.3 Å². The summed E-state index contributed by atoms with van der Waals surface area (Å²) in [6.45, 7) is 6.57. The van der Waals surface area contributed by atoms with E-state index < -0.39 is 8.07 Å². The summed E-state index contributed by atoms with van der Waals surface area (Å²) in [6, 6.07) is 21.2. The largest absolute Gasteiger partial charge is 0.507 e. The highest BCUT2D eigenvalue weighted by molar-refractivity contribution is 6.83. The first kappa shape index (κ1) is 18.2. The van der Waals surface area contributed by atoms with Crippen molar-refractivity contribution in [1.29, 1.82) is 0 Å². The average Bonchev–Trinajstić information content (AvgIpc) is 2.67. The van der Waals surface area contributed by atoms with E-state index in [-0.39, 0.29) is 11.5 Å². The molecule has 4 aromatic rings. The predicted octanol–water partition coefficient (Wildman–Crippen LogP) is 6.30. The van der Waals surface area contributed by atoms with Crippen LogP contribution in [0, 0.1) is 11.5 Å². The molecule has 0 radical (unpaired) electrons. The number of fused-ring (bicyclic) bond motifs is 2. The SMILES string of the molecule is C[Si](C)(C)C#Cc1cc2ccccc2c(O)c1-c1ccc2ccccc2c1O. The maximum absolute atomic E-state index is 11.1. The second-order valence-corrected chi connectivity index (χ2v) is 12.8. The van der Waals surface area contributed by atoms with Crippen LogP contribution in [0.2, 0.25) is 19.6 Å². The number of phenolic OH excluding ortho intramolecular Hbond substituents is 2. The van der Waals surface area contributed by atoms with E-state index in [0.717, 1.165) is 27.1 Å². The molecule has 0 spiro atoms. The summed E-state index contributed by atoms with van der Waals surface area (Å²) in [6.07, 6.45) is 0. The Kier molecular flexibility index (Phi) is 4.37. The molecule has 0 saturated heterocycles. The van der Waals surface area contributed by atoms with Gasteiger partial charge in [0.1, 0.15) is 19.6 Å². The lowest BCUT2D eigenvalue weighted by molar-refractivity contribution is 0.475. The molecule has 0 bridgehead atoms. The van der Waals surface area contributed by atoms with E-state index in [1.807, 2.05) is 66.7 Å². The maximum Gasteiger partial charge on any atom is 0.132 e. The van der Waals surface area contributed by atoms with Gasteiger partial charge in [0.2, 0.25) is 0 Å². The molecule has 2 nitrogen and oxygen atoms in total. The molecule has 28 heavy (non-hydrogen) atoms. The standard InChI is InChI=1S/C25H22O2Si/c1-28(2,3)15-14-19-16-18-9-5-7-11-21(18)25(27)23(19)22-13-12-17-8-4-6-10-20(17)24(22)26/h4-13,16,26-27H,1-3H3. The fraction of sp³-hybridized carbons (Fsp3) is 0.120. The van der Waals surface area contributed by atoms with Crippen molar-refractivity contribution < 1.29 is 10.2 Å². The zero-order valence-electron chi connectivity index (χ0n) is 16.2. The van der Waals surface area contributed by atoms with E-state index in [1.54, 1.807) is 0 Å². The van der Waals surface area contributed by atoms with Crippen molar-refractivity contribution >= 4 is 29.6 Å². The van der Waals surface area contributed by atoms with E-state index in [4.69, 9.17) is 0 Å². The topological polar surface area (TPSA) is 40.5 Å². The van der Waals surface area contributed by atoms with Crippen molar-refractivity contribution in [1.82, 2.24) is 0 Å². The quantitative estimate of drug-likeness (QED) is 0.299. The average molecular weight is 383 g/mol. The lowest BCUT2D eigenvalue weighted by Gasteiger charge is -2.15. The summed E-state index contributed by atoms with van der Waals surface area (Å²) < 4.78 is 0. The monoisotopic (exact) mass is 382 g/mol. The Morgan fingerprint density at radius 2 is 1.32 bits per heavy atom. The first-order chi connectivity index (χ1) is 13.3. The Bertz CT molecular complexity index is 1270. The van der Waals surface area contributed by atoms with Crippen LogP contribution in [0.15, 0.2) is 66.7 Å². The molecule has 0 aliphatic rings. The molecule has 0 aliphatic heterocycles. The summed E-state index contributed by atoms with van der Waals surface area (Å²) >= 11 is 0. The lowest BCUT2D eigenvalue weighted by atomic mass is 9.92. The predicted molar refractivity (Wildman–Crippen MR) is 120 cm³/mol. The Labute approximate surface area is 166 Å². The van der Waals surface area contributed by atoms with Gasteiger partial charge in [0.05, 0.1) is 0 Å². The second kappa shape index (κ2) is 6.74. The summed E-state index contributed by atoms with van der Waals surface area (Å²) in [5, 5.41) is 25.5. The molecule has 0 unspecified atom stereocenters. The molecule has 4 rings (SSSR count). The first-order valence-electron chi connectivity index (χ1n) is 9.34. The van der Waals surface area contributed by atoms with E-state index >= 15 is 0 Å². The van der Waals surface area contributed by atoms with Gasteiger partial charge in [-0.15, -0.1) is 5.54 Å². The third-order valence-electron chi connectivity index (χ3n) is 4.76. The normalized spacial score (nSPS) is 11.4. The van der Waals surface area contributed by atoms with Crippen molar-refractivity contribution in [2.24, 2.45) is 0 Å². The number of hydrogen-bond donors (Lipinski definition) is 2. The molecule has 0 saturated carbocycles. The second-order valence-electron chi connectivity index (χ2n) is 8.05. The van der Waals surface area contributed by atoms with E-state index in [1.165, 1.54) is 0 Å². The van der Waals surface area contributed by atoms with Crippen LogP contribution in [0.3, 0.4) is 0 Å². The van der Waals surface area contributed by atoms with Crippen molar-refractivity contribution in [2.45, 2.75) is 19.6 Å². The van der Waals surface area contributed by atoms with E-state index in [0.29, 0.717) is 11.1 Å². The van der Waals surface area contributed by atoms with Gasteiger partial charge in [-0.05, 0) is 22.9 Å². The molecular formula is C25H22O2Si. The van der Waals surface area contributed by atoms with Gasteiger partial charge in [-0.1, -0.05) is 80.2 Å². The fourth-order valence-electron chi connectivity index (χ4n) is 3.41. The van der Waals surface area contributed by atoms with Gasteiger partial charge in [-0.25, -0.2) is 0 Å². The Balaban J connectivity index is 2.09. The van der Waals surface area contributed by atoms with Crippen molar-refractivity contribution in [3.63, 3.8) is 0 Å². The number of phenols is 2. The van der Waals surface area contributed by atoms with Gasteiger partial charge >= 0.3 is 0 Å². The molecular weight excluding hydrogens is 360 g/mol. The molecule has 0 aromatic heterocycles. The fourth-order valence-corrected chi connectivity index (χ4v) is 3.92. The summed E-state index contributed by atoms with van der Waals surface area (Å²) in [4.78, 5) is 0. The molecule has 0 heterocycles. The molecule has 0 atom stereocenters. The van der Waals surface area contributed by atoms with Crippen LogP contribution < -0.4 is 0 Å². The lowest BCUT2D eigenvalue weighted by Crippen LogP contribution is -2.16. The molecule has 2 N–H and O–H groups in total. The van der Waals surface area contributed by atoms with Crippen LogP contribution in [0.4, 0.5) is 0 Å². The Hall–Kier alpha value is -3.22. The van der Waals surface area contributed by atoms with Crippen LogP contribution >= 0.6 is 0 Å². The molecule has 0 aliphatic carbocycles. The van der Waals surface area contributed by atoms with Gasteiger partial charge in [0.25, 0.3) is 0 Å². The summed E-state index contributed by atoms with van der Waals surface area (Å²) in [7, 11) is -1.61. The first-order valence-corrected chi connectivity index (χ1v) is 12.8. The number of hydrogen-bond acceptors (Lipinski definition) is 2. The van der Waals surface area contributed by atoms with Crippen molar-refractivity contribution in [3.8, 4) is 34.1 Å². The summed E-state index contributed by atoms with van der Waals surface area (Å²) in [5.41, 5.74) is 5.32. The van der Waals surface area contributed by atoms with E-state index in [9.17, 15) is 10.2 Å². The van der Waals surface area contributed by atoms with E-state index in [2.05, 4.69) is 31.1 Å². The maximum atomic E-state index is 11.1. The van der Waals surface area contributed by atoms with Gasteiger partial charge in [0.15, 0.2) is 0 Å². The number of benzene rings is 4. The zero-order chi connectivity index (χ0) is 19.9. The molecule has 0 amide bonds. The number of rotatable bonds is 1. The highest BCUT2D eigenvalue weighted by Gasteiger charge is 2.18. The van der Waals surface area contributed by atoms with Crippen LogP contribution in [0.25, 0.3) is 32.7 Å². The smallest absolute Gasteiger partial charge is 0.132 e. The van der Waals surface area contributed by atoms with Gasteiger partial charge < -0.3 is 10.2 Å². The van der Waals surface area contributed by atoms with Crippen LogP contribution in [0.1, 0.15) is 5.56 Å². The third kappa shape index (κ3) is 3.24. The molecule has 0 fully saturated rings. The minimum absolute atomic E-state index is 0.156. The molecule has 3 heteroatoms. The van der Waals surface area contributed by atoms with Gasteiger partial charge in [-0.2, -0.15) is 0 Å². The molecule has 138 valence electrons. The highest BCUT2D eigenvalue weighted by atomic mass is 28.3. The Morgan fingerprint density at radius 3 is 2.00 bits per heavy atom. The van der Waals surface area contributed by atoms with Gasteiger partial charge in [0, 0.05) is 27.5 Å².